The number of aromatic nitrogens is 3. The molecule has 0 saturated carbocycles. The van der Waals surface area contributed by atoms with Crippen molar-refractivity contribution in [3.05, 3.63) is 11.6 Å². The van der Waals surface area contributed by atoms with Gasteiger partial charge >= 0.3 is 0 Å². The van der Waals surface area contributed by atoms with Crippen LogP contribution < -0.4 is 0 Å². The van der Waals surface area contributed by atoms with Gasteiger partial charge in [0.25, 0.3) is 0 Å². The molecule has 0 aliphatic rings. The Morgan fingerprint density at radius 1 is 1.38 bits per heavy atom. The molecule has 0 saturated heterocycles. The third-order valence-corrected chi connectivity index (χ3v) is 1.74. The van der Waals surface area contributed by atoms with E-state index in [0.717, 1.165) is 0 Å². The topological polar surface area (TPSA) is 30.7 Å². The molecular weight excluding hydrogens is 169 g/mol. The summed E-state index contributed by atoms with van der Waals surface area (Å²) in [4.78, 5) is 0. The van der Waals surface area contributed by atoms with Crippen LogP contribution in [0.25, 0.3) is 0 Å². The maximum Gasteiger partial charge on any atom is 0.234 e. The van der Waals surface area contributed by atoms with Crippen LogP contribution in [0.4, 0.5) is 4.39 Å². The summed E-state index contributed by atoms with van der Waals surface area (Å²) >= 11 is 0. The summed E-state index contributed by atoms with van der Waals surface area (Å²) in [6.45, 7) is 8.54. The summed E-state index contributed by atoms with van der Waals surface area (Å²) < 4.78 is 14.7. The average Bonchev–Trinajstić information content (AvgIpc) is 2.30. The summed E-state index contributed by atoms with van der Waals surface area (Å²) in [5.74, 6) is -0.294. The summed E-state index contributed by atoms with van der Waals surface area (Å²) in [7, 11) is 0. The van der Waals surface area contributed by atoms with Crippen molar-refractivity contribution in [3.63, 3.8) is 0 Å². The number of hydrogen-bond donors (Lipinski definition) is 0. The Hall–Kier alpha value is -0.930. The van der Waals surface area contributed by atoms with Crippen molar-refractivity contribution in [2.75, 3.05) is 0 Å². The van der Waals surface area contributed by atoms with E-state index in [2.05, 4.69) is 31.1 Å². The molecule has 0 spiro atoms. The van der Waals surface area contributed by atoms with Crippen molar-refractivity contribution < 1.29 is 4.39 Å². The SMILES string of the molecule is CCn1nnc(CC(C)(C)C)c1F. The van der Waals surface area contributed by atoms with E-state index in [1.54, 1.807) is 0 Å². The molecular formula is C9H16FN3. The van der Waals surface area contributed by atoms with Crippen LogP contribution in [0.3, 0.4) is 0 Å². The van der Waals surface area contributed by atoms with E-state index in [-0.39, 0.29) is 11.4 Å². The number of rotatable bonds is 2. The summed E-state index contributed by atoms with van der Waals surface area (Å²) in [6, 6.07) is 0. The van der Waals surface area contributed by atoms with Gasteiger partial charge in [0.1, 0.15) is 5.69 Å². The van der Waals surface area contributed by atoms with E-state index < -0.39 is 0 Å². The maximum atomic E-state index is 13.4. The van der Waals surface area contributed by atoms with Crippen LogP contribution in [-0.2, 0) is 13.0 Å². The fourth-order valence-electron chi connectivity index (χ4n) is 1.15. The molecule has 13 heavy (non-hydrogen) atoms. The zero-order chi connectivity index (χ0) is 10.1. The van der Waals surface area contributed by atoms with E-state index in [1.807, 2.05) is 6.92 Å². The maximum absolute atomic E-state index is 13.4. The highest BCUT2D eigenvalue weighted by Crippen LogP contribution is 2.20. The minimum atomic E-state index is -0.294. The summed E-state index contributed by atoms with van der Waals surface area (Å²) in [5.41, 5.74) is 0.518. The van der Waals surface area contributed by atoms with E-state index in [9.17, 15) is 4.39 Å². The van der Waals surface area contributed by atoms with Gasteiger partial charge in [-0.2, -0.15) is 4.39 Å². The van der Waals surface area contributed by atoms with Crippen LogP contribution in [-0.4, -0.2) is 15.0 Å². The Balaban J connectivity index is 2.84. The second kappa shape index (κ2) is 3.44. The molecule has 0 aliphatic heterocycles. The number of hydrogen-bond acceptors (Lipinski definition) is 2. The Labute approximate surface area is 77.9 Å². The normalized spacial score (nSPS) is 12.1. The number of aryl methyl sites for hydroxylation is 1. The van der Waals surface area contributed by atoms with Gasteiger partial charge in [-0.15, -0.1) is 5.10 Å². The minimum absolute atomic E-state index is 0.0510. The van der Waals surface area contributed by atoms with Crippen molar-refractivity contribution in [2.24, 2.45) is 5.41 Å². The fourth-order valence-corrected chi connectivity index (χ4v) is 1.15. The average molecular weight is 185 g/mol. The largest absolute Gasteiger partial charge is 0.234 e. The van der Waals surface area contributed by atoms with Gasteiger partial charge in [0, 0.05) is 13.0 Å². The third-order valence-electron chi connectivity index (χ3n) is 1.74. The smallest absolute Gasteiger partial charge is 0.219 e. The van der Waals surface area contributed by atoms with Crippen molar-refractivity contribution in [1.29, 1.82) is 0 Å². The van der Waals surface area contributed by atoms with Gasteiger partial charge in [0.05, 0.1) is 0 Å². The molecule has 0 atom stereocenters. The Morgan fingerprint density at radius 3 is 2.38 bits per heavy atom. The lowest BCUT2D eigenvalue weighted by atomic mass is 9.91. The third kappa shape index (κ3) is 2.50. The van der Waals surface area contributed by atoms with Crippen LogP contribution in [0, 0.1) is 11.4 Å². The molecule has 74 valence electrons. The molecule has 1 aromatic rings. The predicted molar refractivity (Wildman–Crippen MR) is 48.8 cm³/mol. The second-order valence-corrected chi connectivity index (χ2v) is 4.38. The van der Waals surface area contributed by atoms with Crippen molar-refractivity contribution in [3.8, 4) is 0 Å². The lowest BCUT2D eigenvalue weighted by molar-refractivity contribution is 0.390. The molecule has 0 fully saturated rings. The van der Waals surface area contributed by atoms with E-state index in [0.29, 0.717) is 18.7 Å². The van der Waals surface area contributed by atoms with Crippen LogP contribution in [0.5, 0.6) is 0 Å². The van der Waals surface area contributed by atoms with Gasteiger partial charge in [0.15, 0.2) is 0 Å². The molecule has 0 aliphatic carbocycles. The zero-order valence-corrected chi connectivity index (χ0v) is 8.63. The Kier molecular flexibility index (Phi) is 2.68. The van der Waals surface area contributed by atoms with Gasteiger partial charge in [-0.25, -0.2) is 4.68 Å². The first-order valence-corrected chi connectivity index (χ1v) is 4.52. The Morgan fingerprint density at radius 2 is 2.00 bits per heavy atom. The van der Waals surface area contributed by atoms with Gasteiger partial charge in [0.2, 0.25) is 5.95 Å². The molecule has 1 aromatic heterocycles. The molecule has 0 unspecified atom stereocenters. The Bertz CT molecular complexity index is 286. The number of halogens is 1. The molecule has 0 aromatic carbocycles. The number of nitrogens with zero attached hydrogens (tertiary/aromatic N) is 3. The molecule has 1 rings (SSSR count). The van der Waals surface area contributed by atoms with Crippen LogP contribution in [0.2, 0.25) is 0 Å². The van der Waals surface area contributed by atoms with Crippen LogP contribution in [0.15, 0.2) is 0 Å². The lowest BCUT2D eigenvalue weighted by Crippen LogP contribution is -2.11. The van der Waals surface area contributed by atoms with E-state index in [1.165, 1.54) is 4.68 Å². The molecule has 0 N–H and O–H groups in total. The molecule has 4 heteroatoms. The van der Waals surface area contributed by atoms with Crippen molar-refractivity contribution >= 4 is 0 Å². The quantitative estimate of drug-likeness (QED) is 0.705. The highest BCUT2D eigenvalue weighted by Gasteiger charge is 2.18. The summed E-state index contributed by atoms with van der Waals surface area (Å²) in [6.07, 6.45) is 0.624. The van der Waals surface area contributed by atoms with Gasteiger partial charge < -0.3 is 0 Å². The van der Waals surface area contributed by atoms with Crippen molar-refractivity contribution in [1.82, 2.24) is 15.0 Å². The summed E-state index contributed by atoms with van der Waals surface area (Å²) in [5, 5.41) is 7.52. The zero-order valence-electron chi connectivity index (χ0n) is 8.63. The molecule has 0 amide bonds. The molecule has 3 nitrogen and oxygen atoms in total. The standard InChI is InChI=1S/C9H16FN3/c1-5-13-8(10)7(11-12-13)6-9(2,3)4/h5-6H2,1-4H3. The minimum Gasteiger partial charge on any atom is -0.219 e. The highest BCUT2D eigenvalue weighted by molar-refractivity contribution is 4.99. The van der Waals surface area contributed by atoms with Crippen LogP contribution >= 0.6 is 0 Å². The molecule has 0 radical (unpaired) electrons. The van der Waals surface area contributed by atoms with Crippen LogP contribution in [0.1, 0.15) is 33.4 Å². The molecule has 1 heterocycles. The van der Waals surface area contributed by atoms with Gasteiger partial charge in [-0.1, -0.05) is 26.0 Å². The van der Waals surface area contributed by atoms with Gasteiger partial charge in [-0.3, -0.25) is 0 Å². The van der Waals surface area contributed by atoms with Gasteiger partial charge in [-0.05, 0) is 12.3 Å². The van der Waals surface area contributed by atoms with Crippen molar-refractivity contribution in [2.45, 2.75) is 40.7 Å². The lowest BCUT2D eigenvalue weighted by Gasteiger charge is -2.15. The first-order valence-electron chi connectivity index (χ1n) is 4.52. The first kappa shape index (κ1) is 10.2. The monoisotopic (exact) mass is 185 g/mol. The fraction of sp³-hybridized carbons (Fsp3) is 0.778. The first-order chi connectivity index (χ1) is 5.94. The predicted octanol–water partition coefficient (Wildman–Crippen LogP) is 2.03. The van der Waals surface area contributed by atoms with E-state index >= 15 is 0 Å². The highest BCUT2D eigenvalue weighted by atomic mass is 19.1. The molecule has 0 bridgehead atoms. The van der Waals surface area contributed by atoms with E-state index in [4.69, 9.17) is 0 Å². The second-order valence-electron chi connectivity index (χ2n) is 4.38.